The Morgan fingerprint density at radius 2 is 2.45 bits per heavy atom. The third-order valence-corrected chi connectivity index (χ3v) is 4.08. The molecule has 0 saturated carbocycles. The van der Waals surface area contributed by atoms with Crippen molar-refractivity contribution >= 4 is 42.4 Å². The standard InChI is InChI=1S/C3H4BrN3O2S2/c4-1-11(8,9)7-3-6-5-2-10-3/h2H,1H2,(H,6,7). The first-order chi connectivity index (χ1) is 5.14. The fraction of sp³-hybridized carbons (Fsp3) is 0.333. The van der Waals surface area contributed by atoms with Crippen LogP contribution in [0.2, 0.25) is 0 Å². The molecule has 0 aliphatic heterocycles. The molecule has 1 aromatic heterocycles. The quantitative estimate of drug-likeness (QED) is 0.807. The number of aromatic nitrogens is 2. The number of hydrogen-bond acceptors (Lipinski definition) is 5. The Morgan fingerprint density at radius 1 is 1.73 bits per heavy atom. The minimum atomic E-state index is -3.27. The Morgan fingerprint density at radius 3 is 2.91 bits per heavy atom. The summed E-state index contributed by atoms with van der Waals surface area (Å²) in [6.07, 6.45) is 0. The van der Waals surface area contributed by atoms with Crippen molar-refractivity contribution in [3.8, 4) is 0 Å². The second kappa shape index (κ2) is 3.46. The minimum Gasteiger partial charge on any atom is -0.256 e. The Bertz CT molecular complexity index is 307. The van der Waals surface area contributed by atoms with E-state index in [2.05, 4.69) is 30.8 Å². The minimum absolute atomic E-state index is 0.139. The Labute approximate surface area is 76.0 Å². The normalized spacial score (nSPS) is 11.4. The number of nitrogens with zero attached hydrogens (tertiary/aromatic N) is 2. The van der Waals surface area contributed by atoms with Gasteiger partial charge in [-0.15, -0.1) is 10.2 Å². The van der Waals surface area contributed by atoms with Crippen molar-refractivity contribution < 1.29 is 8.42 Å². The van der Waals surface area contributed by atoms with Gasteiger partial charge in [-0.1, -0.05) is 27.3 Å². The number of halogens is 1. The van der Waals surface area contributed by atoms with E-state index >= 15 is 0 Å². The number of hydrogen-bond donors (Lipinski definition) is 1. The van der Waals surface area contributed by atoms with Crippen molar-refractivity contribution in [3.63, 3.8) is 0 Å². The first-order valence-electron chi connectivity index (χ1n) is 2.47. The summed E-state index contributed by atoms with van der Waals surface area (Å²) in [5, 5.41) is 7.26. The lowest BCUT2D eigenvalue weighted by atomic mass is 11.3. The zero-order valence-electron chi connectivity index (χ0n) is 5.19. The van der Waals surface area contributed by atoms with E-state index in [1.54, 1.807) is 0 Å². The second-order valence-corrected chi connectivity index (χ2v) is 5.43. The highest BCUT2D eigenvalue weighted by Crippen LogP contribution is 2.10. The van der Waals surface area contributed by atoms with Gasteiger partial charge in [-0.25, -0.2) is 8.42 Å². The van der Waals surface area contributed by atoms with Gasteiger partial charge in [-0.3, -0.25) is 4.72 Å². The van der Waals surface area contributed by atoms with Crippen LogP contribution in [0.1, 0.15) is 0 Å². The van der Waals surface area contributed by atoms with Crippen LogP contribution in [0.3, 0.4) is 0 Å². The van der Waals surface area contributed by atoms with Crippen molar-refractivity contribution in [3.05, 3.63) is 5.51 Å². The summed E-state index contributed by atoms with van der Waals surface area (Å²) in [7, 11) is -3.27. The molecule has 1 aromatic rings. The summed E-state index contributed by atoms with van der Waals surface area (Å²) < 4.78 is 23.8. The molecule has 1 rings (SSSR count). The van der Waals surface area contributed by atoms with Crippen molar-refractivity contribution in [1.29, 1.82) is 0 Å². The second-order valence-electron chi connectivity index (χ2n) is 1.57. The molecule has 0 spiro atoms. The van der Waals surface area contributed by atoms with Crippen molar-refractivity contribution in [1.82, 2.24) is 10.2 Å². The maximum atomic E-state index is 10.8. The number of alkyl halides is 1. The van der Waals surface area contributed by atoms with E-state index < -0.39 is 10.0 Å². The molecule has 0 radical (unpaired) electrons. The molecule has 0 unspecified atom stereocenters. The van der Waals surface area contributed by atoms with Gasteiger partial charge >= 0.3 is 0 Å². The Balaban J connectivity index is 2.72. The van der Waals surface area contributed by atoms with Gasteiger partial charge in [0, 0.05) is 0 Å². The summed E-state index contributed by atoms with van der Waals surface area (Å²) in [5.41, 5.74) is 1.45. The van der Waals surface area contributed by atoms with Crippen LogP contribution in [-0.2, 0) is 10.0 Å². The molecule has 1 N–H and O–H groups in total. The summed E-state index contributed by atoms with van der Waals surface area (Å²) >= 11 is 3.95. The zero-order valence-corrected chi connectivity index (χ0v) is 8.41. The van der Waals surface area contributed by atoms with Crippen LogP contribution in [0, 0.1) is 0 Å². The third kappa shape index (κ3) is 2.72. The zero-order chi connectivity index (χ0) is 8.32. The van der Waals surface area contributed by atoms with Crippen molar-refractivity contribution in [2.75, 3.05) is 9.38 Å². The first-order valence-corrected chi connectivity index (χ1v) is 6.12. The maximum absolute atomic E-state index is 10.8. The van der Waals surface area contributed by atoms with Gasteiger partial charge in [0.25, 0.3) is 0 Å². The van der Waals surface area contributed by atoms with E-state index in [1.807, 2.05) is 0 Å². The Kier molecular flexibility index (Phi) is 2.79. The summed E-state index contributed by atoms with van der Waals surface area (Å²) in [6, 6.07) is 0. The highest BCUT2D eigenvalue weighted by atomic mass is 79.9. The van der Waals surface area contributed by atoms with Crippen LogP contribution in [0.15, 0.2) is 5.51 Å². The van der Waals surface area contributed by atoms with Crippen molar-refractivity contribution in [2.24, 2.45) is 0 Å². The molecule has 0 fully saturated rings. The first kappa shape index (κ1) is 8.88. The molecular formula is C3H4BrN3O2S2. The largest absolute Gasteiger partial charge is 0.256 e. The molecule has 0 atom stereocenters. The molecule has 0 amide bonds. The summed E-state index contributed by atoms with van der Waals surface area (Å²) in [5.74, 6) is 0. The van der Waals surface area contributed by atoms with E-state index in [9.17, 15) is 8.42 Å². The molecule has 5 nitrogen and oxygen atoms in total. The number of rotatable bonds is 3. The van der Waals surface area contributed by atoms with Crippen LogP contribution in [0.25, 0.3) is 0 Å². The van der Waals surface area contributed by atoms with Gasteiger partial charge in [0.15, 0.2) is 0 Å². The third-order valence-electron chi connectivity index (χ3n) is 0.746. The van der Waals surface area contributed by atoms with Crippen LogP contribution in [0.5, 0.6) is 0 Å². The lowest BCUT2D eigenvalue weighted by molar-refractivity contribution is 0.606. The lowest BCUT2D eigenvalue weighted by Crippen LogP contribution is -2.12. The molecule has 0 aromatic carbocycles. The molecule has 0 aliphatic rings. The molecule has 62 valence electrons. The van der Waals surface area contributed by atoms with Gasteiger partial charge in [-0.05, 0) is 0 Å². The maximum Gasteiger partial charge on any atom is 0.244 e. The predicted molar refractivity (Wildman–Crippen MR) is 46.2 cm³/mol. The van der Waals surface area contributed by atoms with Gasteiger partial charge in [0.2, 0.25) is 15.2 Å². The lowest BCUT2D eigenvalue weighted by Gasteiger charge is -1.97. The van der Waals surface area contributed by atoms with Gasteiger partial charge in [0.05, 0.1) is 0 Å². The average molecular weight is 258 g/mol. The fourth-order valence-electron chi connectivity index (χ4n) is 0.378. The summed E-state index contributed by atoms with van der Waals surface area (Å²) in [6.45, 7) is 0. The topological polar surface area (TPSA) is 72.0 Å². The average Bonchev–Trinajstić information content (AvgIpc) is 2.39. The molecular weight excluding hydrogens is 254 g/mol. The van der Waals surface area contributed by atoms with Gasteiger partial charge in [0.1, 0.15) is 10.2 Å². The van der Waals surface area contributed by atoms with E-state index in [4.69, 9.17) is 0 Å². The number of nitrogens with one attached hydrogen (secondary N) is 1. The van der Waals surface area contributed by atoms with Crippen LogP contribution >= 0.6 is 27.3 Å². The molecule has 11 heavy (non-hydrogen) atoms. The highest BCUT2D eigenvalue weighted by Gasteiger charge is 2.08. The van der Waals surface area contributed by atoms with Crippen LogP contribution in [-0.4, -0.2) is 23.3 Å². The van der Waals surface area contributed by atoms with Gasteiger partial charge < -0.3 is 0 Å². The molecule has 0 aliphatic carbocycles. The molecule has 0 bridgehead atoms. The van der Waals surface area contributed by atoms with E-state index in [0.29, 0.717) is 0 Å². The van der Waals surface area contributed by atoms with Crippen LogP contribution in [0.4, 0.5) is 5.13 Å². The molecule has 0 saturated heterocycles. The van der Waals surface area contributed by atoms with Crippen LogP contribution < -0.4 is 4.72 Å². The van der Waals surface area contributed by atoms with E-state index in [0.717, 1.165) is 11.3 Å². The number of sulfonamides is 1. The smallest absolute Gasteiger partial charge is 0.244 e. The molecule has 1 heterocycles. The summed E-state index contributed by atoms with van der Waals surface area (Å²) in [4.78, 5) is 0. The van der Waals surface area contributed by atoms with E-state index in [-0.39, 0.29) is 9.79 Å². The van der Waals surface area contributed by atoms with Crippen molar-refractivity contribution in [2.45, 2.75) is 0 Å². The Hall–Kier alpha value is -0.210. The van der Waals surface area contributed by atoms with Gasteiger partial charge in [-0.2, -0.15) is 0 Å². The number of anilines is 1. The SMILES string of the molecule is O=S(=O)(CBr)Nc1nncs1. The predicted octanol–water partition coefficient (Wildman–Crippen LogP) is 0.632. The highest BCUT2D eigenvalue weighted by molar-refractivity contribution is 9.10. The van der Waals surface area contributed by atoms with E-state index in [1.165, 1.54) is 5.51 Å². The fourth-order valence-corrected chi connectivity index (χ4v) is 1.94. The molecule has 8 heteroatoms. The monoisotopic (exact) mass is 257 g/mol.